The smallest absolute Gasteiger partial charge is 0.410 e. The maximum Gasteiger partial charge on any atom is 0.410 e. The number of hydrogen-bond donors (Lipinski definition) is 0. The summed E-state index contributed by atoms with van der Waals surface area (Å²) in [5, 5.41) is 0. The van der Waals surface area contributed by atoms with Gasteiger partial charge in [-0.15, -0.1) is 0 Å². The molecule has 2 heterocycles. The Hall–Kier alpha value is -2.38. The number of hydrogen-bond acceptors (Lipinski definition) is 6. The molecule has 0 aromatic heterocycles. The fourth-order valence-electron chi connectivity index (χ4n) is 5.74. The summed E-state index contributed by atoms with van der Waals surface area (Å²) >= 11 is 0. The first-order valence-corrected chi connectivity index (χ1v) is 14.3. The fourth-order valence-corrected chi connectivity index (χ4v) is 5.74. The van der Waals surface area contributed by atoms with Crippen molar-refractivity contribution in [3.63, 3.8) is 0 Å². The second-order valence-corrected chi connectivity index (χ2v) is 13.6. The monoisotopic (exact) mass is 532 g/mol. The molecule has 2 spiro atoms. The standard InChI is InChI=1S/C15H25NO3.C15H23NO3/c2*1-14(2,3)19-13(18)16-10-8-15(9-11-16)6-4-12(17)5-7-15/h4-11H2,1-3H3;4,6H,5,7-11H2,1-3H3. The number of carbonyl (C=O) groups is 4. The number of nitrogens with zero attached hydrogens (tertiary/aromatic N) is 2. The van der Waals surface area contributed by atoms with Crippen LogP contribution in [0, 0.1) is 10.8 Å². The zero-order valence-electron chi connectivity index (χ0n) is 24.4. The summed E-state index contributed by atoms with van der Waals surface area (Å²) in [6.07, 6.45) is 12.3. The van der Waals surface area contributed by atoms with Gasteiger partial charge in [0, 0.05) is 45.4 Å². The van der Waals surface area contributed by atoms with E-state index in [2.05, 4.69) is 6.08 Å². The Bertz CT molecular complexity index is 898. The van der Waals surface area contributed by atoms with Gasteiger partial charge in [0.25, 0.3) is 0 Å². The number of ether oxygens (including phenoxy) is 2. The average molecular weight is 533 g/mol. The van der Waals surface area contributed by atoms with Crippen LogP contribution in [0.1, 0.15) is 106 Å². The van der Waals surface area contributed by atoms with Crippen molar-refractivity contribution in [3.05, 3.63) is 12.2 Å². The maximum atomic E-state index is 12.0. The van der Waals surface area contributed by atoms with E-state index in [0.29, 0.717) is 30.7 Å². The first-order chi connectivity index (χ1) is 17.6. The van der Waals surface area contributed by atoms with Gasteiger partial charge in [-0.05, 0) is 103 Å². The van der Waals surface area contributed by atoms with E-state index >= 15 is 0 Å². The number of Topliss-reactive ketones (excluding diaryl/α,β-unsaturated/α-hetero) is 1. The fraction of sp³-hybridized carbons (Fsp3) is 0.800. The van der Waals surface area contributed by atoms with Crippen LogP contribution < -0.4 is 0 Å². The van der Waals surface area contributed by atoms with Crippen LogP contribution in [0.2, 0.25) is 0 Å². The van der Waals surface area contributed by atoms with Gasteiger partial charge >= 0.3 is 12.2 Å². The Balaban J connectivity index is 0.000000211. The van der Waals surface area contributed by atoms with Crippen molar-refractivity contribution < 1.29 is 28.7 Å². The molecule has 2 aliphatic carbocycles. The molecular weight excluding hydrogens is 484 g/mol. The molecule has 0 aromatic carbocycles. The average Bonchev–Trinajstić information content (AvgIpc) is 2.82. The quantitative estimate of drug-likeness (QED) is 0.376. The van der Waals surface area contributed by atoms with Gasteiger partial charge in [0.05, 0.1) is 0 Å². The van der Waals surface area contributed by atoms with Crippen LogP contribution in [-0.4, -0.2) is 70.9 Å². The van der Waals surface area contributed by atoms with E-state index in [4.69, 9.17) is 9.47 Å². The minimum atomic E-state index is -0.441. The highest BCUT2D eigenvalue weighted by Crippen LogP contribution is 2.44. The molecule has 1 saturated carbocycles. The molecule has 0 radical (unpaired) electrons. The van der Waals surface area contributed by atoms with Crippen molar-refractivity contribution in [2.45, 2.75) is 117 Å². The highest BCUT2D eigenvalue weighted by atomic mass is 16.6. The lowest BCUT2D eigenvalue weighted by molar-refractivity contribution is -0.123. The summed E-state index contributed by atoms with van der Waals surface area (Å²) in [6, 6.07) is 0. The predicted molar refractivity (Wildman–Crippen MR) is 146 cm³/mol. The molecule has 0 N–H and O–H groups in total. The van der Waals surface area contributed by atoms with Gasteiger partial charge in [-0.25, -0.2) is 9.59 Å². The molecule has 214 valence electrons. The van der Waals surface area contributed by atoms with Crippen LogP contribution >= 0.6 is 0 Å². The van der Waals surface area contributed by atoms with E-state index in [1.807, 2.05) is 46.4 Å². The third kappa shape index (κ3) is 8.84. The zero-order chi connectivity index (χ0) is 28.2. The van der Waals surface area contributed by atoms with Gasteiger partial charge in [-0.1, -0.05) is 6.08 Å². The second-order valence-electron chi connectivity index (χ2n) is 13.6. The van der Waals surface area contributed by atoms with Crippen LogP contribution in [0.3, 0.4) is 0 Å². The zero-order valence-corrected chi connectivity index (χ0v) is 24.4. The van der Waals surface area contributed by atoms with Crippen molar-refractivity contribution >= 4 is 23.8 Å². The molecule has 0 bridgehead atoms. The lowest BCUT2D eigenvalue weighted by Crippen LogP contribution is -2.46. The van der Waals surface area contributed by atoms with E-state index in [1.165, 1.54) is 0 Å². The van der Waals surface area contributed by atoms with Crippen LogP contribution in [0.25, 0.3) is 0 Å². The van der Waals surface area contributed by atoms with E-state index < -0.39 is 11.2 Å². The normalized spacial score (nSPS) is 23.1. The highest BCUT2D eigenvalue weighted by Gasteiger charge is 2.39. The summed E-state index contributed by atoms with van der Waals surface area (Å²) in [5.74, 6) is 0.625. The van der Waals surface area contributed by atoms with Crippen molar-refractivity contribution in [3.8, 4) is 0 Å². The summed E-state index contributed by atoms with van der Waals surface area (Å²) in [6.45, 7) is 14.3. The second kappa shape index (κ2) is 11.8. The largest absolute Gasteiger partial charge is 0.444 e. The molecule has 38 heavy (non-hydrogen) atoms. The molecule has 0 atom stereocenters. The van der Waals surface area contributed by atoms with Crippen molar-refractivity contribution in [1.82, 2.24) is 9.80 Å². The summed E-state index contributed by atoms with van der Waals surface area (Å²) in [7, 11) is 0. The Morgan fingerprint density at radius 1 is 0.684 bits per heavy atom. The topological polar surface area (TPSA) is 93.2 Å². The molecule has 8 heteroatoms. The van der Waals surface area contributed by atoms with Crippen LogP contribution in [0.4, 0.5) is 9.59 Å². The number of ketones is 2. The number of carbonyl (C=O) groups excluding carboxylic acids is 4. The minimum absolute atomic E-state index is 0.131. The molecular formula is C30H48N2O6. The van der Waals surface area contributed by atoms with Gasteiger partial charge in [0.15, 0.2) is 5.78 Å². The van der Waals surface area contributed by atoms with Crippen LogP contribution in [-0.2, 0) is 19.1 Å². The van der Waals surface area contributed by atoms with Crippen molar-refractivity contribution in [1.29, 1.82) is 0 Å². The molecule has 4 aliphatic rings. The SMILES string of the molecule is CC(C)(C)OC(=O)N1CCC2(C=CC(=O)CC2)CC1.CC(C)(C)OC(=O)N1CCC2(CCC(=O)CC2)CC1. The van der Waals surface area contributed by atoms with Gasteiger partial charge in [0.2, 0.25) is 0 Å². The highest BCUT2D eigenvalue weighted by molar-refractivity contribution is 5.90. The lowest BCUT2D eigenvalue weighted by atomic mass is 9.68. The Labute approximate surface area is 228 Å². The Morgan fingerprint density at radius 2 is 1.13 bits per heavy atom. The van der Waals surface area contributed by atoms with E-state index in [1.54, 1.807) is 11.0 Å². The van der Waals surface area contributed by atoms with Gasteiger partial charge in [-0.2, -0.15) is 0 Å². The van der Waals surface area contributed by atoms with Gasteiger partial charge in [-0.3, -0.25) is 9.59 Å². The number of piperidine rings is 2. The van der Waals surface area contributed by atoms with E-state index in [0.717, 1.165) is 70.9 Å². The predicted octanol–water partition coefficient (Wildman–Crippen LogP) is 6.07. The molecule has 2 aliphatic heterocycles. The molecule has 0 aromatic rings. The molecule has 2 saturated heterocycles. The van der Waals surface area contributed by atoms with Crippen molar-refractivity contribution in [2.75, 3.05) is 26.2 Å². The molecule has 2 amide bonds. The van der Waals surface area contributed by atoms with Crippen LogP contribution in [0.5, 0.6) is 0 Å². The first-order valence-electron chi connectivity index (χ1n) is 14.3. The first kappa shape index (κ1) is 30.2. The maximum absolute atomic E-state index is 12.0. The number of rotatable bonds is 0. The molecule has 8 nitrogen and oxygen atoms in total. The molecule has 3 fully saturated rings. The van der Waals surface area contributed by atoms with Gasteiger partial charge < -0.3 is 19.3 Å². The number of amides is 2. The van der Waals surface area contributed by atoms with E-state index in [-0.39, 0.29) is 23.4 Å². The number of allylic oxidation sites excluding steroid dienone is 2. The summed E-state index contributed by atoms with van der Waals surface area (Å²) < 4.78 is 10.8. The number of likely N-dealkylation sites (tertiary alicyclic amines) is 2. The van der Waals surface area contributed by atoms with Crippen molar-refractivity contribution in [2.24, 2.45) is 10.8 Å². The summed E-state index contributed by atoms with van der Waals surface area (Å²) in [5.41, 5.74) is -0.425. The lowest BCUT2D eigenvalue weighted by Gasteiger charge is -2.43. The Kier molecular flexibility index (Phi) is 9.36. The third-order valence-electron chi connectivity index (χ3n) is 8.25. The van der Waals surface area contributed by atoms with E-state index in [9.17, 15) is 19.2 Å². The minimum Gasteiger partial charge on any atom is -0.444 e. The third-order valence-corrected chi connectivity index (χ3v) is 8.25. The van der Waals surface area contributed by atoms with Gasteiger partial charge in [0.1, 0.15) is 17.0 Å². The Morgan fingerprint density at radius 3 is 1.53 bits per heavy atom. The summed E-state index contributed by atoms with van der Waals surface area (Å²) in [4.78, 5) is 50.1. The van der Waals surface area contributed by atoms with Crippen LogP contribution in [0.15, 0.2) is 12.2 Å². The molecule has 4 rings (SSSR count). The molecule has 0 unspecified atom stereocenters.